The smallest absolute Gasteiger partial charge is 0.326 e. The lowest BCUT2D eigenvalue weighted by atomic mass is 10.0. The Kier molecular flexibility index (Phi) is 11.7. The summed E-state index contributed by atoms with van der Waals surface area (Å²) in [6.45, 7) is 2.74. The highest BCUT2D eigenvalue weighted by atomic mass is 16.4. The molecule has 0 bridgehead atoms. The Hall–Kier alpha value is -3.51. The van der Waals surface area contributed by atoms with E-state index in [0.717, 1.165) is 5.56 Å². The molecular formula is C22H32N4O8. The van der Waals surface area contributed by atoms with Crippen LogP contribution in [0.4, 0.5) is 0 Å². The van der Waals surface area contributed by atoms with Crippen molar-refractivity contribution in [3.05, 3.63) is 35.9 Å². The summed E-state index contributed by atoms with van der Waals surface area (Å²) >= 11 is 0. The van der Waals surface area contributed by atoms with Crippen molar-refractivity contribution in [2.75, 3.05) is 6.61 Å². The number of aliphatic carboxylic acids is 2. The van der Waals surface area contributed by atoms with E-state index in [0.29, 0.717) is 0 Å². The number of nitrogens with two attached hydrogens (primary N) is 1. The molecule has 4 atom stereocenters. The zero-order valence-electron chi connectivity index (χ0n) is 19.1. The van der Waals surface area contributed by atoms with Crippen molar-refractivity contribution >= 4 is 29.7 Å². The minimum Gasteiger partial charge on any atom is -0.481 e. The number of carboxylic acids is 2. The van der Waals surface area contributed by atoms with Crippen LogP contribution < -0.4 is 21.7 Å². The van der Waals surface area contributed by atoms with E-state index in [1.54, 1.807) is 38.1 Å². The highest BCUT2D eigenvalue weighted by Gasteiger charge is 2.31. The normalized spacial score (nSPS) is 14.4. The van der Waals surface area contributed by atoms with Crippen LogP contribution in [0, 0.1) is 5.92 Å². The molecule has 3 amide bonds. The zero-order chi connectivity index (χ0) is 25.8. The summed E-state index contributed by atoms with van der Waals surface area (Å²) in [5, 5.41) is 34.4. The van der Waals surface area contributed by atoms with Gasteiger partial charge in [0.2, 0.25) is 17.7 Å². The van der Waals surface area contributed by atoms with E-state index in [1.807, 2.05) is 6.07 Å². The van der Waals surface area contributed by atoms with Gasteiger partial charge in [0.25, 0.3) is 0 Å². The number of rotatable bonds is 14. The molecule has 0 radical (unpaired) electrons. The molecule has 0 saturated carbocycles. The maximum atomic E-state index is 12.7. The maximum absolute atomic E-state index is 12.7. The van der Waals surface area contributed by atoms with Crippen LogP contribution in [0.25, 0.3) is 0 Å². The second kappa shape index (κ2) is 13.9. The van der Waals surface area contributed by atoms with Gasteiger partial charge in [-0.25, -0.2) is 4.79 Å². The van der Waals surface area contributed by atoms with Crippen LogP contribution in [0.5, 0.6) is 0 Å². The Bertz CT molecular complexity index is 862. The molecule has 0 aliphatic rings. The molecule has 188 valence electrons. The van der Waals surface area contributed by atoms with Crippen molar-refractivity contribution in [2.45, 2.75) is 57.3 Å². The van der Waals surface area contributed by atoms with Gasteiger partial charge in [0.1, 0.15) is 18.1 Å². The van der Waals surface area contributed by atoms with Gasteiger partial charge in [-0.1, -0.05) is 44.2 Å². The average molecular weight is 481 g/mol. The van der Waals surface area contributed by atoms with Crippen molar-refractivity contribution in [3.8, 4) is 0 Å². The Morgan fingerprint density at radius 3 is 1.88 bits per heavy atom. The Labute approximate surface area is 196 Å². The van der Waals surface area contributed by atoms with Crippen molar-refractivity contribution in [2.24, 2.45) is 11.7 Å². The van der Waals surface area contributed by atoms with E-state index >= 15 is 0 Å². The summed E-state index contributed by atoms with van der Waals surface area (Å²) in [6, 6.07) is 3.63. The van der Waals surface area contributed by atoms with Gasteiger partial charge in [0, 0.05) is 0 Å². The fourth-order valence-electron chi connectivity index (χ4n) is 3.06. The molecule has 0 heterocycles. The molecule has 8 N–H and O–H groups in total. The van der Waals surface area contributed by atoms with Crippen molar-refractivity contribution in [3.63, 3.8) is 0 Å². The number of hydrogen-bond acceptors (Lipinski definition) is 7. The lowest BCUT2D eigenvalue weighted by Crippen LogP contribution is -2.58. The lowest BCUT2D eigenvalue weighted by Gasteiger charge is -2.25. The first-order valence-corrected chi connectivity index (χ1v) is 10.7. The number of aliphatic hydroxyl groups excluding tert-OH is 1. The molecular weight excluding hydrogens is 448 g/mol. The van der Waals surface area contributed by atoms with Crippen molar-refractivity contribution < 1.29 is 39.3 Å². The minimum atomic E-state index is -1.69. The summed E-state index contributed by atoms with van der Waals surface area (Å²) in [5.41, 5.74) is 6.70. The van der Waals surface area contributed by atoms with Crippen LogP contribution in [-0.2, 0) is 30.4 Å². The van der Waals surface area contributed by atoms with Crippen molar-refractivity contribution in [1.29, 1.82) is 0 Å². The number of benzene rings is 1. The molecule has 34 heavy (non-hydrogen) atoms. The third-order valence-electron chi connectivity index (χ3n) is 4.78. The molecule has 1 aromatic carbocycles. The summed E-state index contributed by atoms with van der Waals surface area (Å²) in [6.07, 6.45) is -0.556. The maximum Gasteiger partial charge on any atom is 0.326 e. The third-order valence-corrected chi connectivity index (χ3v) is 4.78. The van der Waals surface area contributed by atoms with E-state index in [9.17, 15) is 29.1 Å². The van der Waals surface area contributed by atoms with E-state index in [1.165, 1.54) is 0 Å². The van der Waals surface area contributed by atoms with E-state index in [-0.39, 0.29) is 18.8 Å². The molecule has 12 heteroatoms. The first-order valence-electron chi connectivity index (χ1n) is 10.7. The number of carboxylic acid groups (broad SMARTS) is 2. The molecule has 0 aliphatic heterocycles. The second-order valence-electron chi connectivity index (χ2n) is 8.23. The summed E-state index contributed by atoms with van der Waals surface area (Å²) in [4.78, 5) is 59.8. The molecule has 0 aliphatic carbocycles. The van der Waals surface area contributed by atoms with Gasteiger partial charge < -0.3 is 37.0 Å². The number of aliphatic hydroxyl groups is 1. The lowest BCUT2D eigenvalue weighted by molar-refractivity contribution is -0.147. The van der Waals surface area contributed by atoms with E-state index in [2.05, 4.69) is 16.0 Å². The zero-order valence-corrected chi connectivity index (χ0v) is 19.1. The first-order chi connectivity index (χ1) is 15.9. The highest BCUT2D eigenvalue weighted by molar-refractivity contribution is 5.94. The molecule has 0 spiro atoms. The van der Waals surface area contributed by atoms with Crippen LogP contribution in [0.15, 0.2) is 30.3 Å². The van der Waals surface area contributed by atoms with Gasteiger partial charge in [-0.05, 0) is 24.3 Å². The fraction of sp³-hybridized carbons (Fsp3) is 0.500. The SMILES string of the molecule is CC(C)CC(NC(=O)C(CO)NC(=O)C(N)Cc1ccccc1)C(=O)NC(CC(=O)O)C(=O)O. The summed E-state index contributed by atoms with van der Waals surface area (Å²) < 4.78 is 0. The van der Waals surface area contributed by atoms with E-state index in [4.69, 9.17) is 15.9 Å². The molecule has 0 saturated heterocycles. The monoisotopic (exact) mass is 480 g/mol. The topological polar surface area (TPSA) is 208 Å². The Balaban J connectivity index is 2.84. The van der Waals surface area contributed by atoms with Gasteiger partial charge in [0.15, 0.2) is 0 Å². The number of amides is 3. The van der Waals surface area contributed by atoms with E-state index < -0.39 is 66.9 Å². The van der Waals surface area contributed by atoms with Crippen molar-refractivity contribution in [1.82, 2.24) is 16.0 Å². The molecule has 12 nitrogen and oxygen atoms in total. The number of carbonyl (C=O) groups excluding carboxylic acids is 3. The molecule has 0 fully saturated rings. The van der Waals surface area contributed by atoms with Gasteiger partial charge >= 0.3 is 11.9 Å². The van der Waals surface area contributed by atoms with Crippen LogP contribution in [0.1, 0.15) is 32.3 Å². The largest absolute Gasteiger partial charge is 0.481 e. The third kappa shape index (κ3) is 9.96. The highest BCUT2D eigenvalue weighted by Crippen LogP contribution is 2.07. The van der Waals surface area contributed by atoms with Gasteiger partial charge in [-0.3, -0.25) is 19.2 Å². The molecule has 4 unspecified atom stereocenters. The minimum absolute atomic E-state index is 0.0938. The first kappa shape index (κ1) is 28.5. The van der Waals surface area contributed by atoms with Crippen LogP contribution in [0.2, 0.25) is 0 Å². The van der Waals surface area contributed by atoms with Gasteiger partial charge in [0.05, 0.1) is 19.1 Å². The average Bonchev–Trinajstić information content (AvgIpc) is 2.76. The Morgan fingerprint density at radius 1 is 0.853 bits per heavy atom. The molecule has 0 aromatic heterocycles. The number of hydrogen-bond donors (Lipinski definition) is 7. The second-order valence-corrected chi connectivity index (χ2v) is 8.23. The Morgan fingerprint density at radius 2 is 1.38 bits per heavy atom. The quantitative estimate of drug-likeness (QED) is 0.167. The predicted molar refractivity (Wildman–Crippen MR) is 120 cm³/mol. The van der Waals surface area contributed by atoms with Crippen LogP contribution in [-0.4, -0.2) is 75.8 Å². The fourth-order valence-corrected chi connectivity index (χ4v) is 3.06. The number of carbonyl (C=O) groups is 5. The summed E-state index contributed by atoms with van der Waals surface area (Å²) in [7, 11) is 0. The summed E-state index contributed by atoms with van der Waals surface area (Å²) in [5.74, 6) is -5.55. The van der Waals surface area contributed by atoms with Crippen LogP contribution >= 0.6 is 0 Å². The van der Waals surface area contributed by atoms with Gasteiger partial charge in [-0.2, -0.15) is 0 Å². The number of nitrogens with one attached hydrogen (secondary N) is 3. The molecule has 1 aromatic rings. The standard InChI is InChI=1S/C22H32N4O8/c1-12(2)8-15(20(31)25-16(22(33)34)10-18(28)29)24-21(32)17(11-27)26-19(30)14(23)9-13-6-4-3-5-7-13/h3-7,12,14-17,27H,8-11,23H2,1-2H3,(H,24,32)(H,25,31)(H,26,30)(H,28,29)(H,33,34). The van der Waals surface area contributed by atoms with Gasteiger partial charge in [-0.15, -0.1) is 0 Å². The van der Waals surface area contributed by atoms with Crippen LogP contribution in [0.3, 0.4) is 0 Å². The predicted octanol–water partition coefficient (Wildman–Crippen LogP) is -1.39. The molecule has 1 rings (SSSR count).